The molecule has 0 radical (unpaired) electrons. The molecule has 2 N–H and O–H groups in total. The van der Waals surface area contributed by atoms with Crippen LogP contribution in [0.25, 0.3) is 0 Å². The number of nitrogens with two attached hydrogens (primary N) is 1. The minimum atomic E-state index is -0.368. The number of para-hydroxylation sites is 2. The molecule has 2 rings (SSSR count). The Bertz CT molecular complexity index is 691. The number of hydrogen-bond donors (Lipinski definition) is 1. The number of nitrogens with zero attached hydrogens (tertiary/aromatic N) is 2. The first-order valence-corrected chi connectivity index (χ1v) is 7.49. The van der Waals surface area contributed by atoms with E-state index >= 15 is 0 Å². The maximum Gasteiger partial charge on any atom is 0.246 e. The number of amides is 2. The van der Waals surface area contributed by atoms with E-state index in [0.29, 0.717) is 10.7 Å². The Labute approximate surface area is 140 Å². The topological polar surface area (TPSA) is 66.6 Å². The highest BCUT2D eigenvalue weighted by molar-refractivity contribution is 6.34. The van der Waals surface area contributed by atoms with Crippen molar-refractivity contribution in [2.75, 3.05) is 29.9 Å². The second-order valence-electron chi connectivity index (χ2n) is 4.92. The number of benzene rings is 2. The second-order valence-corrected chi connectivity index (χ2v) is 5.33. The first-order valence-electron chi connectivity index (χ1n) is 7.11. The second kappa shape index (κ2) is 7.76. The fraction of sp³-hybridized carbons (Fsp3) is 0.176. The first-order chi connectivity index (χ1) is 11.0. The highest BCUT2D eigenvalue weighted by atomic mass is 35.5. The monoisotopic (exact) mass is 331 g/mol. The lowest BCUT2D eigenvalue weighted by atomic mass is 10.2. The highest BCUT2D eigenvalue weighted by Gasteiger charge is 2.22. The lowest BCUT2D eigenvalue weighted by Gasteiger charge is -2.25. The van der Waals surface area contributed by atoms with Gasteiger partial charge in [-0.15, -0.1) is 0 Å². The Morgan fingerprint density at radius 1 is 1.00 bits per heavy atom. The van der Waals surface area contributed by atoms with Crippen LogP contribution in [-0.4, -0.2) is 32.0 Å². The normalized spacial score (nSPS) is 10.2. The van der Waals surface area contributed by atoms with Crippen LogP contribution < -0.4 is 15.5 Å². The number of carbonyl (C=O) groups excluding carboxylic acids is 2. The van der Waals surface area contributed by atoms with Gasteiger partial charge in [-0.3, -0.25) is 9.59 Å². The van der Waals surface area contributed by atoms with Crippen LogP contribution in [0.3, 0.4) is 0 Å². The van der Waals surface area contributed by atoms with Gasteiger partial charge in [0.1, 0.15) is 6.54 Å². The molecular weight excluding hydrogens is 314 g/mol. The maximum absolute atomic E-state index is 12.5. The molecule has 0 heterocycles. The molecule has 0 saturated heterocycles. The summed E-state index contributed by atoms with van der Waals surface area (Å²) in [7, 11) is 1.66. The van der Waals surface area contributed by atoms with E-state index < -0.39 is 0 Å². The van der Waals surface area contributed by atoms with Gasteiger partial charge < -0.3 is 15.5 Å². The number of likely N-dealkylation sites (N-methyl/N-ethyl adjacent to an activating group) is 1. The molecule has 0 aromatic heterocycles. The third-order valence-electron chi connectivity index (χ3n) is 3.43. The summed E-state index contributed by atoms with van der Waals surface area (Å²) < 4.78 is 0. The third-order valence-corrected chi connectivity index (χ3v) is 3.75. The Morgan fingerprint density at radius 2 is 1.61 bits per heavy atom. The van der Waals surface area contributed by atoms with Crippen molar-refractivity contribution < 1.29 is 9.59 Å². The molecule has 23 heavy (non-hydrogen) atoms. The molecule has 0 unspecified atom stereocenters. The molecule has 6 heteroatoms. The molecule has 0 bridgehead atoms. The van der Waals surface area contributed by atoms with E-state index in [1.54, 1.807) is 31.3 Å². The van der Waals surface area contributed by atoms with E-state index in [-0.39, 0.29) is 24.9 Å². The lowest BCUT2D eigenvalue weighted by Crippen LogP contribution is -2.44. The predicted molar refractivity (Wildman–Crippen MR) is 92.7 cm³/mol. The Morgan fingerprint density at radius 3 is 2.22 bits per heavy atom. The van der Waals surface area contributed by atoms with E-state index in [4.69, 9.17) is 17.3 Å². The Hall–Kier alpha value is -2.37. The molecule has 2 aromatic carbocycles. The summed E-state index contributed by atoms with van der Waals surface area (Å²) in [6, 6.07) is 16.1. The summed E-state index contributed by atoms with van der Waals surface area (Å²) in [5, 5.41) is 0.393. The van der Waals surface area contributed by atoms with Crippen LogP contribution in [-0.2, 0) is 9.59 Å². The van der Waals surface area contributed by atoms with Gasteiger partial charge in [0.05, 0.1) is 17.3 Å². The summed E-state index contributed by atoms with van der Waals surface area (Å²) in [5.74, 6) is -0.606. The number of carbonyl (C=O) groups is 2. The molecule has 5 nitrogen and oxygen atoms in total. The van der Waals surface area contributed by atoms with Gasteiger partial charge in [-0.2, -0.15) is 0 Å². The van der Waals surface area contributed by atoms with Crippen molar-refractivity contribution in [3.05, 3.63) is 59.6 Å². The Balaban J connectivity index is 2.23. The summed E-state index contributed by atoms with van der Waals surface area (Å²) in [5.41, 5.74) is 6.68. The number of anilines is 2. The molecule has 0 fully saturated rings. The van der Waals surface area contributed by atoms with Crippen molar-refractivity contribution in [2.24, 2.45) is 5.73 Å². The van der Waals surface area contributed by atoms with Gasteiger partial charge >= 0.3 is 0 Å². The molecule has 0 atom stereocenters. The maximum atomic E-state index is 12.5. The fourth-order valence-electron chi connectivity index (χ4n) is 2.13. The lowest BCUT2D eigenvalue weighted by molar-refractivity contribution is -0.121. The minimum Gasteiger partial charge on any atom is -0.322 e. The number of halogens is 1. The van der Waals surface area contributed by atoms with Crippen LogP contribution in [0, 0.1) is 0 Å². The van der Waals surface area contributed by atoms with Crippen LogP contribution in [0.15, 0.2) is 54.6 Å². The highest BCUT2D eigenvalue weighted by Crippen LogP contribution is 2.25. The van der Waals surface area contributed by atoms with Crippen LogP contribution in [0.4, 0.5) is 11.4 Å². The molecule has 0 aliphatic carbocycles. The average molecular weight is 332 g/mol. The van der Waals surface area contributed by atoms with Crippen LogP contribution in [0.1, 0.15) is 0 Å². The largest absolute Gasteiger partial charge is 0.322 e. The summed E-state index contributed by atoms with van der Waals surface area (Å²) in [4.78, 5) is 27.4. The molecule has 2 aromatic rings. The molecule has 120 valence electrons. The molecule has 0 aliphatic heterocycles. The zero-order valence-corrected chi connectivity index (χ0v) is 13.5. The van der Waals surface area contributed by atoms with Crippen LogP contribution in [0.5, 0.6) is 0 Å². The molecule has 0 spiro atoms. The van der Waals surface area contributed by atoms with Crippen molar-refractivity contribution in [3.8, 4) is 0 Å². The van der Waals surface area contributed by atoms with Gasteiger partial charge in [0.25, 0.3) is 0 Å². The van der Waals surface area contributed by atoms with E-state index in [0.717, 1.165) is 5.69 Å². The standard InChI is InChI=1S/C17H18ClN3O2/c1-20(13-7-3-2-4-8-13)17(23)12-21(16(22)11-19)15-10-6-5-9-14(15)18/h2-10H,11-12,19H2,1H3. The summed E-state index contributed by atoms with van der Waals surface area (Å²) in [6.45, 7) is -0.335. The zero-order valence-electron chi connectivity index (χ0n) is 12.8. The van der Waals surface area contributed by atoms with Gasteiger partial charge in [0, 0.05) is 12.7 Å². The van der Waals surface area contributed by atoms with Crippen molar-refractivity contribution in [3.63, 3.8) is 0 Å². The van der Waals surface area contributed by atoms with E-state index in [2.05, 4.69) is 0 Å². The van der Waals surface area contributed by atoms with Crippen molar-refractivity contribution in [2.45, 2.75) is 0 Å². The minimum absolute atomic E-state index is 0.134. The molecule has 0 aliphatic rings. The smallest absolute Gasteiger partial charge is 0.246 e. The Kier molecular flexibility index (Phi) is 5.73. The predicted octanol–water partition coefficient (Wildman–Crippen LogP) is 2.29. The van der Waals surface area contributed by atoms with Gasteiger partial charge in [0.15, 0.2) is 0 Å². The van der Waals surface area contributed by atoms with Crippen molar-refractivity contribution >= 4 is 34.8 Å². The SMILES string of the molecule is CN(C(=O)CN(C(=O)CN)c1ccccc1Cl)c1ccccc1. The summed E-state index contributed by atoms with van der Waals surface area (Å²) in [6.07, 6.45) is 0. The summed E-state index contributed by atoms with van der Waals surface area (Å²) >= 11 is 6.14. The van der Waals surface area contributed by atoms with Crippen LogP contribution >= 0.6 is 11.6 Å². The fourth-order valence-corrected chi connectivity index (χ4v) is 2.36. The van der Waals surface area contributed by atoms with E-state index in [1.807, 2.05) is 30.3 Å². The van der Waals surface area contributed by atoms with Gasteiger partial charge in [-0.25, -0.2) is 0 Å². The van der Waals surface area contributed by atoms with Gasteiger partial charge in [-0.1, -0.05) is 41.9 Å². The van der Waals surface area contributed by atoms with E-state index in [1.165, 1.54) is 9.80 Å². The van der Waals surface area contributed by atoms with Crippen molar-refractivity contribution in [1.82, 2.24) is 0 Å². The zero-order chi connectivity index (χ0) is 16.8. The average Bonchev–Trinajstić information content (AvgIpc) is 2.59. The molecule has 0 saturated carbocycles. The number of rotatable bonds is 5. The van der Waals surface area contributed by atoms with Crippen LogP contribution in [0.2, 0.25) is 5.02 Å². The van der Waals surface area contributed by atoms with Gasteiger partial charge in [-0.05, 0) is 24.3 Å². The molecular formula is C17H18ClN3O2. The molecule has 2 amide bonds. The quantitative estimate of drug-likeness (QED) is 0.914. The first kappa shape index (κ1) is 17.0. The van der Waals surface area contributed by atoms with Gasteiger partial charge in [0.2, 0.25) is 11.8 Å². The van der Waals surface area contributed by atoms with Crippen molar-refractivity contribution in [1.29, 1.82) is 0 Å². The van der Waals surface area contributed by atoms with E-state index in [9.17, 15) is 9.59 Å². The third kappa shape index (κ3) is 4.09. The number of hydrogen-bond acceptors (Lipinski definition) is 3.